The van der Waals surface area contributed by atoms with Crippen molar-refractivity contribution < 1.29 is 23.1 Å². The number of hydrogen-bond donors (Lipinski definition) is 2. The van der Waals surface area contributed by atoms with Gasteiger partial charge in [0.2, 0.25) is 0 Å². The van der Waals surface area contributed by atoms with Crippen molar-refractivity contribution in [3.05, 3.63) is 34.3 Å². The molecule has 1 heterocycles. The maximum absolute atomic E-state index is 12.8. The summed E-state index contributed by atoms with van der Waals surface area (Å²) < 4.78 is 38.4. The maximum Gasteiger partial charge on any atom is 0.417 e. The summed E-state index contributed by atoms with van der Waals surface area (Å²) in [6.45, 7) is 1.01. The second kappa shape index (κ2) is 6.11. The molecular formula is C13H14ClF3N2O2. The molecule has 0 aliphatic carbocycles. The van der Waals surface area contributed by atoms with Crippen LogP contribution in [0, 0.1) is 0 Å². The lowest BCUT2D eigenvalue weighted by atomic mass is 10.1. The summed E-state index contributed by atoms with van der Waals surface area (Å²) >= 11 is 5.79. The molecule has 1 fully saturated rings. The van der Waals surface area contributed by atoms with Crippen LogP contribution in [0.15, 0.2) is 18.2 Å². The zero-order valence-corrected chi connectivity index (χ0v) is 11.7. The molecule has 21 heavy (non-hydrogen) atoms. The lowest BCUT2D eigenvalue weighted by Crippen LogP contribution is -2.40. The zero-order chi connectivity index (χ0) is 15.6. The van der Waals surface area contributed by atoms with E-state index in [1.807, 2.05) is 0 Å². The third-order valence-electron chi connectivity index (χ3n) is 3.45. The molecular weight excluding hydrogens is 309 g/mol. The summed E-state index contributed by atoms with van der Waals surface area (Å²) in [5.41, 5.74) is -0.794. The molecule has 0 bridgehead atoms. The minimum atomic E-state index is -4.56. The molecule has 116 valence electrons. The Morgan fingerprint density at radius 3 is 2.71 bits per heavy atom. The molecule has 1 saturated heterocycles. The molecule has 1 aliphatic heterocycles. The third kappa shape index (κ3) is 3.59. The van der Waals surface area contributed by atoms with E-state index in [1.54, 1.807) is 0 Å². The lowest BCUT2D eigenvalue weighted by Gasteiger charge is -2.26. The highest BCUT2D eigenvalue weighted by Gasteiger charge is 2.34. The van der Waals surface area contributed by atoms with E-state index in [2.05, 4.69) is 5.32 Å². The molecule has 0 spiro atoms. The maximum atomic E-state index is 12.8. The Morgan fingerprint density at radius 1 is 1.48 bits per heavy atom. The van der Waals surface area contributed by atoms with Crippen molar-refractivity contribution in [2.75, 3.05) is 13.1 Å². The number of carboxylic acid groups (broad SMARTS) is 1. The number of alkyl halides is 3. The van der Waals surface area contributed by atoms with Crippen LogP contribution in [0.3, 0.4) is 0 Å². The molecule has 1 atom stereocenters. The highest BCUT2D eigenvalue weighted by Crippen LogP contribution is 2.36. The standard InChI is InChI=1S/C13H14ClF3N2O2/c14-11-8(2-1-3-10(11)13(15,16)17)7-19(12(20)21)9-4-5-18-6-9/h1-3,9,18H,4-7H2,(H,20,21)/t9-/m1/s1. The highest BCUT2D eigenvalue weighted by molar-refractivity contribution is 6.32. The van der Waals surface area contributed by atoms with Gasteiger partial charge in [-0.05, 0) is 24.6 Å². The van der Waals surface area contributed by atoms with E-state index in [9.17, 15) is 23.1 Å². The topological polar surface area (TPSA) is 52.6 Å². The quantitative estimate of drug-likeness (QED) is 0.898. The van der Waals surface area contributed by atoms with E-state index in [0.717, 1.165) is 11.0 Å². The number of halogens is 4. The molecule has 8 heteroatoms. The Kier molecular flexibility index (Phi) is 4.63. The molecule has 1 aromatic carbocycles. The van der Waals surface area contributed by atoms with E-state index in [0.29, 0.717) is 19.5 Å². The first-order valence-corrected chi connectivity index (χ1v) is 6.73. The largest absolute Gasteiger partial charge is 0.465 e. The number of rotatable bonds is 3. The fourth-order valence-corrected chi connectivity index (χ4v) is 2.66. The second-order valence-corrected chi connectivity index (χ2v) is 5.21. The Hall–Kier alpha value is -1.47. The molecule has 4 nitrogen and oxygen atoms in total. The average molecular weight is 323 g/mol. The first kappa shape index (κ1) is 15.9. The van der Waals surface area contributed by atoms with Gasteiger partial charge in [-0.25, -0.2) is 4.79 Å². The fraction of sp³-hybridized carbons (Fsp3) is 0.462. The van der Waals surface area contributed by atoms with Crippen molar-refractivity contribution in [1.29, 1.82) is 0 Å². The number of carbonyl (C=O) groups is 1. The van der Waals surface area contributed by atoms with Crippen LogP contribution in [0.25, 0.3) is 0 Å². The summed E-state index contributed by atoms with van der Waals surface area (Å²) in [5.74, 6) is 0. The SMILES string of the molecule is O=C(O)N(Cc1cccc(C(F)(F)F)c1Cl)[C@@H]1CCNC1. The van der Waals surface area contributed by atoms with Crippen molar-refractivity contribution in [1.82, 2.24) is 10.2 Å². The monoisotopic (exact) mass is 322 g/mol. The van der Waals surface area contributed by atoms with Crippen molar-refractivity contribution in [3.63, 3.8) is 0 Å². The molecule has 1 amide bonds. The lowest BCUT2D eigenvalue weighted by molar-refractivity contribution is -0.137. The Balaban J connectivity index is 2.27. The fourth-order valence-electron chi connectivity index (χ4n) is 2.36. The van der Waals surface area contributed by atoms with Crippen LogP contribution in [0.4, 0.5) is 18.0 Å². The first-order chi connectivity index (χ1) is 9.80. The van der Waals surface area contributed by atoms with Gasteiger partial charge in [0.15, 0.2) is 0 Å². The summed E-state index contributed by atoms with van der Waals surface area (Å²) in [6, 6.07) is 3.27. The van der Waals surface area contributed by atoms with Gasteiger partial charge in [-0.15, -0.1) is 0 Å². The number of amides is 1. The molecule has 0 saturated carbocycles. The minimum Gasteiger partial charge on any atom is -0.465 e. The van der Waals surface area contributed by atoms with Crippen LogP contribution in [0.1, 0.15) is 17.5 Å². The number of benzene rings is 1. The van der Waals surface area contributed by atoms with Gasteiger partial charge < -0.3 is 10.4 Å². The molecule has 0 radical (unpaired) electrons. The van der Waals surface area contributed by atoms with E-state index < -0.39 is 22.9 Å². The van der Waals surface area contributed by atoms with Crippen molar-refractivity contribution in [2.24, 2.45) is 0 Å². The van der Waals surface area contributed by atoms with E-state index in [-0.39, 0.29) is 18.2 Å². The van der Waals surface area contributed by atoms with Gasteiger partial charge >= 0.3 is 12.3 Å². The van der Waals surface area contributed by atoms with Gasteiger partial charge in [0.05, 0.1) is 17.1 Å². The van der Waals surface area contributed by atoms with Crippen LogP contribution in [0.5, 0.6) is 0 Å². The van der Waals surface area contributed by atoms with E-state index in [4.69, 9.17) is 11.6 Å². The molecule has 1 aromatic rings. The molecule has 0 aromatic heterocycles. The van der Waals surface area contributed by atoms with Crippen molar-refractivity contribution >= 4 is 17.7 Å². The summed E-state index contributed by atoms with van der Waals surface area (Å²) in [5, 5.41) is 11.8. The first-order valence-electron chi connectivity index (χ1n) is 6.35. The van der Waals surface area contributed by atoms with Crippen LogP contribution in [-0.4, -0.2) is 35.2 Å². The number of hydrogen-bond acceptors (Lipinski definition) is 2. The predicted molar refractivity (Wildman–Crippen MR) is 71.3 cm³/mol. The van der Waals surface area contributed by atoms with E-state index >= 15 is 0 Å². The Bertz CT molecular complexity index is 531. The molecule has 0 unspecified atom stereocenters. The van der Waals surface area contributed by atoms with Gasteiger partial charge in [0.25, 0.3) is 0 Å². The zero-order valence-electron chi connectivity index (χ0n) is 11.0. The summed E-state index contributed by atoms with van der Waals surface area (Å²) in [6.07, 6.45) is -5.10. The van der Waals surface area contributed by atoms with Crippen LogP contribution in [0.2, 0.25) is 5.02 Å². The normalized spacial score (nSPS) is 18.8. The Labute approximate surface area is 124 Å². The van der Waals surface area contributed by atoms with Gasteiger partial charge in [-0.3, -0.25) is 4.90 Å². The third-order valence-corrected chi connectivity index (χ3v) is 3.89. The second-order valence-electron chi connectivity index (χ2n) is 4.83. The number of nitrogens with zero attached hydrogens (tertiary/aromatic N) is 1. The number of nitrogens with one attached hydrogen (secondary N) is 1. The van der Waals surface area contributed by atoms with Crippen LogP contribution < -0.4 is 5.32 Å². The Morgan fingerprint density at radius 2 is 2.19 bits per heavy atom. The molecule has 2 rings (SSSR count). The highest BCUT2D eigenvalue weighted by atomic mass is 35.5. The van der Waals surface area contributed by atoms with Crippen LogP contribution >= 0.6 is 11.6 Å². The van der Waals surface area contributed by atoms with Gasteiger partial charge in [0, 0.05) is 12.6 Å². The van der Waals surface area contributed by atoms with E-state index in [1.165, 1.54) is 12.1 Å². The van der Waals surface area contributed by atoms with Gasteiger partial charge in [-0.2, -0.15) is 13.2 Å². The molecule has 2 N–H and O–H groups in total. The van der Waals surface area contributed by atoms with Crippen LogP contribution in [-0.2, 0) is 12.7 Å². The average Bonchev–Trinajstić information content (AvgIpc) is 2.89. The van der Waals surface area contributed by atoms with Gasteiger partial charge in [-0.1, -0.05) is 23.7 Å². The smallest absolute Gasteiger partial charge is 0.417 e. The van der Waals surface area contributed by atoms with Crippen molar-refractivity contribution in [2.45, 2.75) is 25.2 Å². The molecule has 1 aliphatic rings. The predicted octanol–water partition coefficient (Wildman–Crippen LogP) is 3.20. The van der Waals surface area contributed by atoms with Crippen molar-refractivity contribution in [3.8, 4) is 0 Å². The van der Waals surface area contributed by atoms with Gasteiger partial charge in [0.1, 0.15) is 0 Å². The summed E-state index contributed by atoms with van der Waals surface area (Å²) in [4.78, 5) is 12.4. The minimum absolute atomic E-state index is 0.154. The summed E-state index contributed by atoms with van der Waals surface area (Å²) in [7, 11) is 0.